The van der Waals surface area contributed by atoms with Crippen LogP contribution in [-0.4, -0.2) is 25.6 Å². The van der Waals surface area contributed by atoms with Crippen LogP contribution in [0.4, 0.5) is 0 Å². The molecule has 2 nitrogen and oxygen atoms in total. The van der Waals surface area contributed by atoms with Crippen molar-refractivity contribution in [2.24, 2.45) is 0 Å². The molecule has 0 amide bonds. The first-order valence-corrected chi connectivity index (χ1v) is 3.78. The third kappa shape index (κ3) is 7.79. The lowest BCUT2D eigenvalue weighted by molar-refractivity contribution is 0.134. The zero-order valence-corrected chi connectivity index (χ0v) is 6.86. The molecule has 1 N–H and O–H groups in total. The van der Waals surface area contributed by atoms with Crippen molar-refractivity contribution in [1.29, 1.82) is 0 Å². The first-order chi connectivity index (χ1) is 4.91. The molecular weight excluding hydrogens is 146 g/mol. The van der Waals surface area contributed by atoms with E-state index in [0.717, 1.165) is 12.3 Å². The molecule has 0 spiro atoms. The number of hydrogen-bond donors (Lipinski definition) is 2. The van der Waals surface area contributed by atoms with Crippen LogP contribution in [0.1, 0.15) is 0 Å². The highest BCUT2D eigenvalue weighted by Crippen LogP contribution is 1.74. The van der Waals surface area contributed by atoms with Crippen LogP contribution >= 0.6 is 12.6 Å². The van der Waals surface area contributed by atoms with Crippen molar-refractivity contribution in [3.8, 4) is 0 Å². The van der Waals surface area contributed by atoms with E-state index in [1.807, 2.05) is 6.08 Å². The lowest BCUT2D eigenvalue weighted by Crippen LogP contribution is -2.18. The average molecular weight is 159 g/mol. The second-order valence-electron chi connectivity index (χ2n) is 1.64. The van der Waals surface area contributed by atoms with Crippen molar-refractivity contribution in [2.75, 3.05) is 25.6 Å². The summed E-state index contributed by atoms with van der Waals surface area (Å²) in [6, 6.07) is 0. The zero-order chi connectivity index (χ0) is 7.66. The van der Waals surface area contributed by atoms with E-state index in [-0.39, 0.29) is 0 Å². The lowest BCUT2D eigenvalue weighted by atomic mass is 10.6. The molecule has 0 aromatic rings. The third-order valence-electron chi connectivity index (χ3n) is 0.830. The Kier molecular flexibility index (Phi) is 8.61. The Bertz CT molecular complexity index is 110. The molecule has 0 unspecified atom stereocenters. The monoisotopic (exact) mass is 159 g/mol. The van der Waals surface area contributed by atoms with Gasteiger partial charge in [0.1, 0.15) is 0 Å². The van der Waals surface area contributed by atoms with Crippen molar-refractivity contribution < 1.29 is 4.74 Å². The summed E-state index contributed by atoms with van der Waals surface area (Å²) < 4.78 is 5.07. The van der Waals surface area contributed by atoms with Crippen LogP contribution in [0.3, 0.4) is 0 Å². The molecule has 0 heterocycles. The molecule has 0 aromatic heterocycles. The molecule has 0 aliphatic carbocycles. The Hall–Kier alpha value is -0.210. The number of ether oxygens (including phenoxy) is 1. The van der Waals surface area contributed by atoms with Crippen molar-refractivity contribution in [3.05, 3.63) is 18.4 Å². The molecule has 0 aliphatic rings. The quantitative estimate of drug-likeness (QED) is 0.259. The van der Waals surface area contributed by atoms with Gasteiger partial charge >= 0.3 is 0 Å². The van der Waals surface area contributed by atoms with Gasteiger partial charge < -0.3 is 4.74 Å². The Balaban J connectivity index is 2.83. The minimum Gasteiger partial charge on any atom is -0.365 e. The smallest absolute Gasteiger partial charge is 0.0968 e. The van der Waals surface area contributed by atoms with E-state index in [1.165, 1.54) is 0 Å². The molecule has 0 saturated heterocycles. The molecule has 58 valence electrons. The molecule has 0 atom stereocenters. The molecule has 0 saturated carbocycles. The minimum atomic E-state index is 0.568. The van der Waals surface area contributed by atoms with E-state index in [0.29, 0.717) is 13.3 Å². The van der Waals surface area contributed by atoms with Crippen LogP contribution in [0.15, 0.2) is 18.4 Å². The molecule has 0 aliphatic heterocycles. The van der Waals surface area contributed by atoms with Gasteiger partial charge in [-0.15, -0.1) is 5.73 Å². The second kappa shape index (κ2) is 8.79. The van der Waals surface area contributed by atoms with E-state index >= 15 is 0 Å². The lowest BCUT2D eigenvalue weighted by Gasteiger charge is -2.00. The van der Waals surface area contributed by atoms with Gasteiger partial charge in [-0.3, -0.25) is 5.32 Å². The Morgan fingerprint density at radius 2 is 2.50 bits per heavy atom. The van der Waals surface area contributed by atoms with E-state index < -0.39 is 0 Å². The SMILES string of the molecule is C=C=CCNCOCCS. The van der Waals surface area contributed by atoms with Crippen LogP contribution in [0.2, 0.25) is 0 Å². The fraction of sp³-hybridized carbons (Fsp3) is 0.571. The average Bonchev–Trinajstić information content (AvgIpc) is 1.97. The Labute approximate surface area is 67.4 Å². The van der Waals surface area contributed by atoms with Gasteiger partial charge in [-0.1, -0.05) is 6.58 Å². The summed E-state index contributed by atoms with van der Waals surface area (Å²) in [6.45, 7) is 5.44. The predicted molar refractivity (Wildman–Crippen MR) is 46.4 cm³/mol. The summed E-state index contributed by atoms with van der Waals surface area (Å²) in [6.07, 6.45) is 1.81. The van der Waals surface area contributed by atoms with E-state index in [9.17, 15) is 0 Å². The highest BCUT2D eigenvalue weighted by atomic mass is 32.1. The molecule has 0 bridgehead atoms. The highest BCUT2D eigenvalue weighted by Gasteiger charge is 1.81. The van der Waals surface area contributed by atoms with Gasteiger partial charge in [-0.2, -0.15) is 12.6 Å². The molecule has 10 heavy (non-hydrogen) atoms. The van der Waals surface area contributed by atoms with Crippen LogP contribution in [0.25, 0.3) is 0 Å². The topological polar surface area (TPSA) is 21.3 Å². The first kappa shape index (κ1) is 9.79. The van der Waals surface area contributed by atoms with E-state index in [4.69, 9.17) is 4.74 Å². The fourth-order valence-electron chi connectivity index (χ4n) is 0.412. The maximum absolute atomic E-state index is 5.07. The highest BCUT2D eigenvalue weighted by molar-refractivity contribution is 7.80. The summed E-state index contributed by atoms with van der Waals surface area (Å²) in [7, 11) is 0. The van der Waals surface area contributed by atoms with Gasteiger partial charge in [0.2, 0.25) is 0 Å². The maximum atomic E-state index is 5.07. The van der Waals surface area contributed by atoms with Gasteiger partial charge in [0, 0.05) is 12.3 Å². The summed E-state index contributed by atoms with van der Waals surface area (Å²) in [5.41, 5.74) is 2.65. The predicted octanol–water partition coefficient (Wildman–Crippen LogP) is 0.821. The molecule has 0 radical (unpaired) electrons. The molecule has 3 heteroatoms. The first-order valence-electron chi connectivity index (χ1n) is 3.15. The molecule has 0 aromatic carbocycles. The maximum Gasteiger partial charge on any atom is 0.0968 e. The van der Waals surface area contributed by atoms with Crippen LogP contribution < -0.4 is 5.32 Å². The molecule has 0 fully saturated rings. The standard InChI is InChI=1S/C7H13NOS/c1-2-3-4-8-7-9-5-6-10/h3,8,10H,1,4-7H2. The number of hydrogen-bond acceptors (Lipinski definition) is 3. The van der Waals surface area contributed by atoms with Crippen molar-refractivity contribution in [1.82, 2.24) is 5.32 Å². The van der Waals surface area contributed by atoms with Gasteiger partial charge in [-0.05, 0) is 6.08 Å². The van der Waals surface area contributed by atoms with Gasteiger partial charge in [0.05, 0.1) is 13.3 Å². The zero-order valence-electron chi connectivity index (χ0n) is 5.97. The Morgan fingerprint density at radius 3 is 3.10 bits per heavy atom. The minimum absolute atomic E-state index is 0.568. The number of nitrogens with one attached hydrogen (secondary N) is 1. The van der Waals surface area contributed by atoms with Crippen molar-refractivity contribution in [3.63, 3.8) is 0 Å². The van der Waals surface area contributed by atoms with Gasteiger partial charge in [0.25, 0.3) is 0 Å². The molecular formula is C7H13NOS. The van der Waals surface area contributed by atoms with Gasteiger partial charge in [0.15, 0.2) is 0 Å². The van der Waals surface area contributed by atoms with Crippen LogP contribution in [0.5, 0.6) is 0 Å². The number of thiol groups is 1. The fourth-order valence-corrected chi connectivity index (χ4v) is 0.541. The van der Waals surface area contributed by atoms with Crippen molar-refractivity contribution >= 4 is 12.6 Å². The summed E-state index contributed by atoms with van der Waals surface area (Å²) in [5, 5.41) is 3.01. The van der Waals surface area contributed by atoms with Crippen molar-refractivity contribution in [2.45, 2.75) is 0 Å². The van der Waals surface area contributed by atoms with E-state index in [2.05, 4.69) is 30.3 Å². The summed E-state index contributed by atoms with van der Waals surface area (Å²) in [4.78, 5) is 0. The Morgan fingerprint density at radius 1 is 1.70 bits per heavy atom. The van der Waals surface area contributed by atoms with E-state index in [1.54, 1.807) is 0 Å². The normalized spacial score (nSPS) is 8.90. The summed E-state index contributed by atoms with van der Waals surface area (Å²) >= 11 is 3.98. The number of rotatable bonds is 6. The van der Waals surface area contributed by atoms with Crippen LogP contribution in [0, 0.1) is 0 Å². The van der Waals surface area contributed by atoms with Crippen LogP contribution in [-0.2, 0) is 4.74 Å². The largest absolute Gasteiger partial charge is 0.365 e. The second-order valence-corrected chi connectivity index (χ2v) is 2.09. The molecule has 0 rings (SSSR count). The summed E-state index contributed by atoms with van der Waals surface area (Å²) in [5.74, 6) is 0.763. The third-order valence-corrected chi connectivity index (χ3v) is 1.01. The van der Waals surface area contributed by atoms with Gasteiger partial charge in [-0.25, -0.2) is 0 Å².